The number of anilines is 1. The van der Waals surface area contributed by atoms with Gasteiger partial charge in [0.25, 0.3) is 11.8 Å². The van der Waals surface area contributed by atoms with Crippen molar-refractivity contribution in [3.8, 4) is 5.75 Å². The molecule has 30 heavy (non-hydrogen) atoms. The molecular weight excluding hydrogens is 388 g/mol. The molecule has 0 unspecified atom stereocenters. The maximum atomic E-state index is 13.0. The van der Waals surface area contributed by atoms with Gasteiger partial charge < -0.3 is 9.84 Å². The fourth-order valence-electron chi connectivity index (χ4n) is 2.88. The van der Waals surface area contributed by atoms with Crippen LogP contribution in [0.4, 0.5) is 10.5 Å². The molecule has 0 aliphatic carbocycles. The zero-order chi connectivity index (χ0) is 21.8. The van der Waals surface area contributed by atoms with Crippen molar-refractivity contribution < 1.29 is 29.0 Å². The predicted octanol–water partition coefficient (Wildman–Crippen LogP) is 2.77. The maximum absolute atomic E-state index is 13.0. The number of carbonyl (C=O) groups is 4. The average molecular weight is 408 g/mol. The Bertz CT molecular complexity index is 1040. The van der Waals surface area contributed by atoms with E-state index in [1.54, 1.807) is 42.5 Å². The number of carboxylic acids is 1. The van der Waals surface area contributed by atoms with Gasteiger partial charge in [0.1, 0.15) is 11.3 Å². The zero-order valence-corrected chi connectivity index (χ0v) is 16.4. The first-order valence-corrected chi connectivity index (χ1v) is 9.30. The molecule has 1 aliphatic heterocycles. The summed E-state index contributed by atoms with van der Waals surface area (Å²) >= 11 is 0. The number of aryl methyl sites for hydroxylation is 1. The first kappa shape index (κ1) is 20.8. The SMILES string of the molecule is CCc1ccc(N2C(=O)NC(=O)/C(=C\c3ccccc3O[C@@H](C)C(=O)O)C2=O)cc1. The molecule has 1 heterocycles. The Balaban J connectivity index is 1.98. The van der Waals surface area contributed by atoms with Crippen LogP contribution in [0.1, 0.15) is 25.0 Å². The molecule has 0 radical (unpaired) electrons. The van der Waals surface area contributed by atoms with Gasteiger partial charge in [-0.05, 0) is 43.2 Å². The number of ether oxygens (including phenoxy) is 1. The van der Waals surface area contributed by atoms with Crippen LogP contribution < -0.4 is 15.0 Å². The van der Waals surface area contributed by atoms with Gasteiger partial charge in [-0.25, -0.2) is 14.5 Å². The van der Waals surface area contributed by atoms with Crippen molar-refractivity contribution in [2.24, 2.45) is 0 Å². The lowest BCUT2D eigenvalue weighted by atomic mass is 10.1. The minimum absolute atomic E-state index is 0.191. The van der Waals surface area contributed by atoms with Crippen molar-refractivity contribution in [3.05, 3.63) is 65.2 Å². The van der Waals surface area contributed by atoms with E-state index < -0.39 is 29.9 Å². The molecule has 2 aromatic rings. The van der Waals surface area contributed by atoms with E-state index in [1.807, 2.05) is 6.92 Å². The minimum atomic E-state index is -1.16. The average Bonchev–Trinajstić information content (AvgIpc) is 2.72. The van der Waals surface area contributed by atoms with Crippen LogP contribution >= 0.6 is 0 Å². The number of hydrogen-bond acceptors (Lipinski definition) is 5. The number of carboxylic acid groups (broad SMARTS) is 1. The number of nitrogens with zero attached hydrogens (tertiary/aromatic N) is 1. The highest BCUT2D eigenvalue weighted by Gasteiger charge is 2.37. The van der Waals surface area contributed by atoms with Gasteiger partial charge in [-0.15, -0.1) is 0 Å². The summed E-state index contributed by atoms with van der Waals surface area (Å²) in [5.41, 5.74) is 1.43. The molecule has 0 saturated carbocycles. The second-order valence-corrected chi connectivity index (χ2v) is 6.61. The Hall–Kier alpha value is -3.94. The number of carbonyl (C=O) groups excluding carboxylic acids is 3. The van der Waals surface area contributed by atoms with E-state index in [2.05, 4.69) is 5.32 Å². The molecule has 2 aromatic carbocycles. The Morgan fingerprint density at radius 2 is 1.80 bits per heavy atom. The molecule has 0 spiro atoms. The van der Waals surface area contributed by atoms with Crippen molar-refractivity contribution in [3.63, 3.8) is 0 Å². The zero-order valence-electron chi connectivity index (χ0n) is 16.4. The molecule has 0 aromatic heterocycles. The number of rotatable bonds is 6. The summed E-state index contributed by atoms with van der Waals surface area (Å²) in [6, 6.07) is 12.4. The molecule has 8 heteroatoms. The highest BCUT2D eigenvalue weighted by molar-refractivity contribution is 6.39. The van der Waals surface area contributed by atoms with Gasteiger partial charge in [0.15, 0.2) is 6.10 Å². The molecule has 3 rings (SSSR count). The molecule has 0 bridgehead atoms. The van der Waals surface area contributed by atoms with Gasteiger partial charge in [-0.3, -0.25) is 14.9 Å². The Morgan fingerprint density at radius 1 is 1.13 bits per heavy atom. The van der Waals surface area contributed by atoms with Crippen molar-refractivity contribution in [1.82, 2.24) is 5.32 Å². The molecule has 2 N–H and O–H groups in total. The number of hydrogen-bond donors (Lipinski definition) is 2. The summed E-state index contributed by atoms with van der Waals surface area (Å²) < 4.78 is 5.41. The first-order valence-electron chi connectivity index (χ1n) is 9.30. The summed E-state index contributed by atoms with van der Waals surface area (Å²) in [6.45, 7) is 3.35. The Labute approximate surface area is 172 Å². The van der Waals surface area contributed by atoms with E-state index in [-0.39, 0.29) is 11.3 Å². The summed E-state index contributed by atoms with van der Waals surface area (Å²) in [5, 5.41) is 11.2. The van der Waals surface area contributed by atoms with Gasteiger partial charge in [-0.2, -0.15) is 0 Å². The third-order valence-corrected chi connectivity index (χ3v) is 4.57. The van der Waals surface area contributed by atoms with Gasteiger partial charge in [0.2, 0.25) is 0 Å². The minimum Gasteiger partial charge on any atom is -0.479 e. The maximum Gasteiger partial charge on any atom is 0.344 e. The number of urea groups is 1. The van der Waals surface area contributed by atoms with E-state index in [9.17, 15) is 19.2 Å². The van der Waals surface area contributed by atoms with E-state index in [0.29, 0.717) is 11.3 Å². The van der Waals surface area contributed by atoms with Crippen molar-refractivity contribution in [2.45, 2.75) is 26.4 Å². The largest absolute Gasteiger partial charge is 0.479 e. The molecular formula is C22H20N2O6. The second kappa shape index (κ2) is 8.60. The fourth-order valence-corrected chi connectivity index (χ4v) is 2.88. The van der Waals surface area contributed by atoms with Gasteiger partial charge in [0.05, 0.1) is 5.69 Å². The first-order chi connectivity index (χ1) is 14.3. The number of amides is 4. The number of para-hydroxylation sites is 1. The normalized spacial score (nSPS) is 16.4. The van der Waals surface area contributed by atoms with Crippen LogP contribution in [0.25, 0.3) is 6.08 Å². The van der Waals surface area contributed by atoms with Crippen molar-refractivity contribution >= 4 is 35.6 Å². The molecule has 1 aliphatic rings. The molecule has 1 saturated heterocycles. The summed E-state index contributed by atoms with van der Waals surface area (Å²) in [4.78, 5) is 49.6. The predicted molar refractivity (Wildman–Crippen MR) is 109 cm³/mol. The lowest BCUT2D eigenvalue weighted by Crippen LogP contribution is -2.54. The summed E-state index contributed by atoms with van der Waals surface area (Å²) in [7, 11) is 0. The molecule has 154 valence electrons. The van der Waals surface area contributed by atoms with Crippen LogP contribution in [0, 0.1) is 0 Å². The van der Waals surface area contributed by atoms with Crippen LogP contribution in [0.3, 0.4) is 0 Å². The molecule has 8 nitrogen and oxygen atoms in total. The van der Waals surface area contributed by atoms with E-state index in [0.717, 1.165) is 16.9 Å². The number of nitrogens with one attached hydrogen (secondary N) is 1. The standard InChI is InChI=1S/C22H20N2O6/c1-3-14-8-10-16(11-9-14)24-20(26)17(19(25)23-22(24)29)12-15-6-4-5-7-18(15)30-13(2)21(27)28/h4-13H,3H2,1-2H3,(H,27,28)(H,23,25,29)/b17-12+/t13-/m0/s1. The number of barbiturate groups is 1. The monoisotopic (exact) mass is 408 g/mol. The van der Waals surface area contributed by atoms with Crippen LogP contribution in [-0.2, 0) is 20.8 Å². The fraction of sp³-hybridized carbons (Fsp3) is 0.182. The van der Waals surface area contributed by atoms with Crippen LogP contribution in [-0.4, -0.2) is 35.0 Å². The molecule has 4 amide bonds. The lowest BCUT2D eigenvalue weighted by Gasteiger charge is -2.26. The smallest absolute Gasteiger partial charge is 0.344 e. The highest BCUT2D eigenvalue weighted by atomic mass is 16.5. The van der Waals surface area contributed by atoms with Crippen molar-refractivity contribution in [1.29, 1.82) is 0 Å². The lowest BCUT2D eigenvalue weighted by molar-refractivity contribution is -0.144. The quantitative estimate of drug-likeness (QED) is 0.561. The highest BCUT2D eigenvalue weighted by Crippen LogP contribution is 2.26. The number of aliphatic carboxylic acids is 1. The van der Waals surface area contributed by atoms with Gasteiger partial charge >= 0.3 is 12.0 Å². The number of benzene rings is 2. The van der Waals surface area contributed by atoms with Crippen molar-refractivity contribution in [2.75, 3.05) is 4.90 Å². The van der Waals surface area contributed by atoms with Crippen LogP contribution in [0.5, 0.6) is 5.75 Å². The topological polar surface area (TPSA) is 113 Å². The van der Waals surface area contributed by atoms with E-state index in [1.165, 1.54) is 19.1 Å². The second-order valence-electron chi connectivity index (χ2n) is 6.61. The van der Waals surface area contributed by atoms with E-state index >= 15 is 0 Å². The summed E-state index contributed by atoms with van der Waals surface area (Å²) in [5.74, 6) is -2.59. The van der Waals surface area contributed by atoms with E-state index in [4.69, 9.17) is 9.84 Å². The van der Waals surface area contributed by atoms with Gasteiger partial charge in [0, 0.05) is 5.56 Å². The molecule has 1 fully saturated rings. The van der Waals surface area contributed by atoms with Crippen LogP contribution in [0.15, 0.2) is 54.1 Å². The Kier molecular flexibility index (Phi) is 5.96. The summed E-state index contributed by atoms with van der Waals surface area (Å²) in [6.07, 6.45) is 0.951. The van der Waals surface area contributed by atoms with Gasteiger partial charge in [-0.1, -0.05) is 37.3 Å². The van der Waals surface area contributed by atoms with Crippen LogP contribution in [0.2, 0.25) is 0 Å². The molecule has 1 atom stereocenters. The third kappa shape index (κ3) is 4.22. The third-order valence-electron chi connectivity index (χ3n) is 4.57. The Morgan fingerprint density at radius 3 is 2.43 bits per heavy atom. The number of imide groups is 2.